The van der Waals surface area contributed by atoms with Crippen LogP contribution in [0.25, 0.3) is 11.1 Å². The molecular weight excluding hydrogens is 290 g/mol. The van der Waals surface area contributed by atoms with Gasteiger partial charge in [-0.1, -0.05) is 23.7 Å². The van der Waals surface area contributed by atoms with Crippen LogP contribution in [0.1, 0.15) is 22.8 Å². The molecule has 0 aliphatic rings. The van der Waals surface area contributed by atoms with Crippen LogP contribution in [0.15, 0.2) is 51.7 Å². The first kappa shape index (κ1) is 13.6. The van der Waals surface area contributed by atoms with Gasteiger partial charge in [0.2, 0.25) is 0 Å². The Kier molecular flexibility index (Phi) is 3.39. The van der Waals surface area contributed by atoms with Gasteiger partial charge in [0, 0.05) is 22.7 Å². The second-order valence-electron chi connectivity index (χ2n) is 4.63. The third-order valence-electron chi connectivity index (χ3n) is 3.33. The van der Waals surface area contributed by atoms with Crippen LogP contribution in [0.4, 0.5) is 0 Å². The first-order chi connectivity index (χ1) is 10.1. The Bertz CT molecular complexity index is 892. The van der Waals surface area contributed by atoms with E-state index in [2.05, 4.69) is 0 Å². The van der Waals surface area contributed by atoms with E-state index in [4.69, 9.17) is 16.0 Å². The molecule has 0 aliphatic heterocycles. The normalized spacial score (nSPS) is 11.0. The van der Waals surface area contributed by atoms with Gasteiger partial charge in [0.05, 0.1) is 5.52 Å². The molecule has 106 valence electrons. The Labute approximate surface area is 125 Å². The summed E-state index contributed by atoms with van der Waals surface area (Å²) < 4.78 is 6.69. The average molecular weight is 302 g/mol. The van der Waals surface area contributed by atoms with E-state index < -0.39 is 5.76 Å². The Balaban J connectivity index is 2.09. The number of hydrogen-bond donors (Lipinski definition) is 0. The molecule has 0 aliphatic carbocycles. The van der Waals surface area contributed by atoms with Crippen molar-refractivity contribution in [2.45, 2.75) is 13.5 Å². The summed E-state index contributed by atoms with van der Waals surface area (Å²) in [7, 11) is 0. The molecule has 3 rings (SSSR count). The van der Waals surface area contributed by atoms with Crippen LogP contribution < -0.4 is 5.76 Å². The Morgan fingerprint density at radius 2 is 1.95 bits per heavy atom. The zero-order valence-electron chi connectivity index (χ0n) is 11.3. The second-order valence-corrected chi connectivity index (χ2v) is 5.07. The number of fused-ring (bicyclic) bond motifs is 1. The van der Waals surface area contributed by atoms with Crippen molar-refractivity contribution in [3.05, 3.63) is 69.2 Å². The highest BCUT2D eigenvalue weighted by Gasteiger charge is 2.13. The number of ketones is 1. The van der Waals surface area contributed by atoms with Gasteiger partial charge in [-0.25, -0.2) is 4.79 Å². The van der Waals surface area contributed by atoms with E-state index in [1.807, 2.05) is 6.92 Å². The van der Waals surface area contributed by atoms with Gasteiger partial charge in [-0.05, 0) is 37.3 Å². The van der Waals surface area contributed by atoms with E-state index in [0.29, 0.717) is 33.8 Å². The minimum Gasteiger partial charge on any atom is -0.408 e. The fourth-order valence-corrected chi connectivity index (χ4v) is 2.49. The van der Waals surface area contributed by atoms with Gasteiger partial charge in [0.1, 0.15) is 0 Å². The molecule has 4 nitrogen and oxygen atoms in total. The monoisotopic (exact) mass is 301 g/mol. The van der Waals surface area contributed by atoms with E-state index >= 15 is 0 Å². The number of halogens is 1. The van der Waals surface area contributed by atoms with Crippen LogP contribution in [0.2, 0.25) is 5.02 Å². The lowest BCUT2D eigenvalue weighted by Crippen LogP contribution is -2.11. The van der Waals surface area contributed by atoms with Crippen molar-refractivity contribution >= 4 is 28.5 Å². The largest absolute Gasteiger partial charge is 0.419 e. The number of aryl methyl sites for hydroxylation is 1. The molecule has 0 radical (unpaired) electrons. The highest BCUT2D eigenvalue weighted by Crippen LogP contribution is 2.19. The van der Waals surface area contributed by atoms with Gasteiger partial charge in [-0.3, -0.25) is 9.36 Å². The molecule has 21 heavy (non-hydrogen) atoms. The molecule has 0 amide bonds. The van der Waals surface area contributed by atoms with Crippen LogP contribution in [0.5, 0.6) is 0 Å². The quantitative estimate of drug-likeness (QED) is 0.696. The lowest BCUT2D eigenvalue weighted by atomic mass is 10.0. The molecule has 0 spiro atoms. The van der Waals surface area contributed by atoms with Gasteiger partial charge in [-0.15, -0.1) is 0 Å². The minimum absolute atomic E-state index is 0.161. The molecule has 0 saturated carbocycles. The maximum Gasteiger partial charge on any atom is 0.419 e. The molecule has 0 unspecified atom stereocenters. The number of nitrogens with zero attached hydrogens (tertiary/aromatic N) is 1. The molecule has 1 heterocycles. The number of carbonyl (C=O) groups is 1. The van der Waals surface area contributed by atoms with Gasteiger partial charge in [0.15, 0.2) is 11.4 Å². The van der Waals surface area contributed by atoms with Crippen LogP contribution in [-0.4, -0.2) is 10.4 Å². The van der Waals surface area contributed by atoms with Gasteiger partial charge >= 0.3 is 5.76 Å². The Morgan fingerprint density at radius 1 is 1.19 bits per heavy atom. The summed E-state index contributed by atoms with van der Waals surface area (Å²) in [5, 5.41) is 0.505. The molecule has 0 saturated heterocycles. The van der Waals surface area contributed by atoms with E-state index in [9.17, 15) is 9.59 Å². The predicted molar refractivity (Wildman–Crippen MR) is 81.0 cm³/mol. The SMILES string of the molecule is CCn1c(=O)oc2cc(C(=O)c3cccc(Cl)c3)ccc21. The summed E-state index contributed by atoms with van der Waals surface area (Å²) in [6.45, 7) is 2.38. The number of hydrogen-bond acceptors (Lipinski definition) is 3. The third kappa shape index (κ3) is 2.38. The maximum atomic E-state index is 12.4. The van der Waals surface area contributed by atoms with E-state index in [0.717, 1.165) is 0 Å². The summed E-state index contributed by atoms with van der Waals surface area (Å²) in [5.74, 6) is -0.578. The maximum absolute atomic E-state index is 12.4. The molecule has 1 aromatic heterocycles. The second kappa shape index (κ2) is 5.22. The number of aromatic nitrogens is 1. The van der Waals surface area contributed by atoms with Crippen molar-refractivity contribution in [3.8, 4) is 0 Å². The van der Waals surface area contributed by atoms with Gasteiger partial charge < -0.3 is 4.42 Å². The number of benzene rings is 2. The van der Waals surface area contributed by atoms with Crippen molar-refractivity contribution in [1.29, 1.82) is 0 Å². The van der Waals surface area contributed by atoms with Gasteiger partial charge in [0.25, 0.3) is 0 Å². The third-order valence-corrected chi connectivity index (χ3v) is 3.57. The van der Waals surface area contributed by atoms with Crippen molar-refractivity contribution in [2.24, 2.45) is 0 Å². The highest BCUT2D eigenvalue weighted by molar-refractivity contribution is 6.31. The smallest absolute Gasteiger partial charge is 0.408 e. The minimum atomic E-state index is -0.417. The van der Waals surface area contributed by atoms with Crippen molar-refractivity contribution in [3.63, 3.8) is 0 Å². The van der Waals surface area contributed by atoms with Crippen LogP contribution in [-0.2, 0) is 6.54 Å². The molecule has 0 fully saturated rings. The fourth-order valence-electron chi connectivity index (χ4n) is 2.30. The number of rotatable bonds is 3. The summed E-state index contributed by atoms with van der Waals surface area (Å²) in [5.41, 5.74) is 2.06. The summed E-state index contributed by atoms with van der Waals surface area (Å²) in [6, 6.07) is 11.7. The topological polar surface area (TPSA) is 52.2 Å². The van der Waals surface area contributed by atoms with E-state index in [1.165, 1.54) is 4.57 Å². The highest BCUT2D eigenvalue weighted by atomic mass is 35.5. The molecule has 5 heteroatoms. The summed E-state index contributed by atoms with van der Waals surface area (Å²) in [4.78, 5) is 24.1. The summed E-state index contributed by atoms with van der Waals surface area (Å²) in [6.07, 6.45) is 0. The van der Waals surface area contributed by atoms with Crippen molar-refractivity contribution < 1.29 is 9.21 Å². The molecule has 0 atom stereocenters. The number of oxazole rings is 1. The predicted octanol–water partition coefficient (Wildman–Crippen LogP) is 3.50. The van der Waals surface area contributed by atoms with E-state index in [-0.39, 0.29) is 5.78 Å². The zero-order chi connectivity index (χ0) is 15.0. The molecular formula is C16H12ClNO3. The lowest BCUT2D eigenvalue weighted by molar-refractivity contribution is 0.103. The van der Waals surface area contributed by atoms with Crippen LogP contribution >= 0.6 is 11.6 Å². The first-order valence-electron chi connectivity index (χ1n) is 6.54. The lowest BCUT2D eigenvalue weighted by Gasteiger charge is -2.02. The van der Waals surface area contributed by atoms with Crippen molar-refractivity contribution in [2.75, 3.05) is 0 Å². The zero-order valence-corrected chi connectivity index (χ0v) is 12.1. The molecule has 0 N–H and O–H groups in total. The van der Waals surface area contributed by atoms with Crippen LogP contribution in [0, 0.1) is 0 Å². The van der Waals surface area contributed by atoms with E-state index in [1.54, 1.807) is 42.5 Å². The van der Waals surface area contributed by atoms with Gasteiger partial charge in [-0.2, -0.15) is 0 Å². The standard InChI is InChI=1S/C16H12ClNO3/c1-2-18-13-7-6-11(9-14(13)21-16(18)20)15(19)10-4-3-5-12(17)8-10/h3-9H,2H2,1H3. The Hall–Kier alpha value is -2.33. The molecule has 3 aromatic rings. The first-order valence-corrected chi connectivity index (χ1v) is 6.91. The Morgan fingerprint density at radius 3 is 2.67 bits per heavy atom. The average Bonchev–Trinajstić information content (AvgIpc) is 2.80. The van der Waals surface area contributed by atoms with Crippen molar-refractivity contribution in [1.82, 2.24) is 4.57 Å². The van der Waals surface area contributed by atoms with Crippen LogP contribution in [0.3, 0.4) is 0 Å². The molecule has 0 bridgehead atoms. The number of carbonyl (C=O) groups excluding carboxylic acids is 1. The fraction of sp³-hybridized carbons (Fsp3) is 0.125. The molecule has 2 aromatic carbocycles. The summed E-state index contributed by atoms with van der Waals surface area (Å²) >= 11 is 5.90.